The maximum atomic E-state index is 12.9. The van der Waals surface area contributed by atoms with Crippen molar-refractivity contribution in [3.05, 3.63) is 24.3 Å². The first-order valence-electron chi connectivity index (χ1n) is 10.1. The van der Waals surface area contributed by atoms with Crippen molar-refractivity contribution in [1.29, 1.82) is 0 Å². The van der Waals surface area contributed by atoms with Crippen LogP contribution in [0.1, 0.15) is 46.5 Å². The lowest BCUT2D eigenvalue weighted by molar-refractivity contribution is -0.120. The fraction of sp³-hybridized carbons (Fsp3) is 0.650. The third-order valence-electron chi connectivity index (χ3n) is 5.29. The van der Waals surface area contributed by atoms with Gasteiger partial charge in [0, 0.05) is 37.8 Å². The highest BCUT2D eigenvalue weighted by molar-refractivity contribution is 7.89. The highest BCUT2D eigenvalue weighted by atomic mass is 32.2. The topological polar surface area (TPSA) is 69.7 Å². The Kier molecular flexibility index (Phi) is 8.26. The summed E-state index contributed by atoms with van der Waals surface area (Å²) in [7, 11) is -3.54. The number of carbonyl (C=O) groups excluding carboxylic acids is 1. The first-order valence-corrected chi connectivity index (χ1v) is 11.5. The summed E-state index contributed by atoms with van der Waals surface area (Å²) in [4.78, 5) is 15.0. The SMILES string of the molecule is CCCCC(CC)C(=O)Nc1cccc(S(=O)(=O)N2CCN(CC)CC2)c1. The molecule has 1 aromatic carbocycles. The number of benzene rings is 1. The van der Waals surface area contributed by atoms with E-state index in [0.29, 0.717) is 18.8 Å². The molecular weight excluding hydrogens is 362 g/mol. The van der Waals surface area contributed by atoms with Crippen LogP contribution in [0.5, 0.6) is 0 Å². The second-order valence-corrected chi connectivity index (χ2v) is 9.04. The van der Waals surface area contributed by atoms with E-state index in [9.17, 15) is 13.2 Å². The van der Waals surface area contributed by atoms with Gasteiger partial charge in [0.15, 0.2) is 0 Å². The number of amides is 1. The largest absolute Gasteiger partial charge is 0.326 e. The van der Waals surface area contributed by atoms with Gasteiger partial charge < -0.3 is 10.2 Å². The molecule has 1 aliphatic rings. The number of unbranched alkanes of at least 4 members (excludes halogenated alkanes) is 1. The van der Waals surface area contributed by atoms with Crippen molar-refractivity contribution < 1.29 is 13.2 Å². The van der Waals surface area contributed by atoms with Crippen LogP contribution in [0.2, 0.25) is 0 Å². The monoisotopic (exact) mass is 395 g/mol. The Balaban J connectivity index is 2.09. The summed E-state index contributed by atoms with van der Waals surface area (Å²) in [5.41, 5.74) is 0.545. The lowest BCUT2D eigenvalue weighted by Crippen LogP contribution is -2.48. The van der Waals surface area contributed by atoms with E-state index in [0.717, 1.165) is 45.3 Å². The van der Waals surface area contributed by atoms with E-state index in [4.69, 9.17) is 0 Å². The molecular formula is C20H33N3O3S. The van der Waals surface area contributed by atoms with E-state index in [1.807, 2.05) is 6.92 Å². The lowest BCUT2D eigenvalue weighted by Gasteiger charge is -2.33. The minimum absolute atomic E-state index is 0.0305. The van der Waals surface area contributed by atoms with Gasteiger partial charge in [0.05, 0.1) is 4.90 Å². The molecule has 0 bridgehead atoms. The van der Waals surface area contributed by atoms with Crippen LogP contribution in [0.4, 0.5) is 5.69 Å². The molecule has 1 aliphatic heterocycles. The van der Waals surface area contributed by atoms with Gasteiger partial charge in [0.25, 0.3) is 0 Å². The van der Waals surface area contributed by atoms with Gasteiger partial charge in [0.1, 0.15) is 0 Å². The summed E-state index contributed by atoms with van der Waals surface area (Å²) in [6.07, 6.45) is 3.72. The number of nitrogens with zero attached hydrogens (tertiary/aromatic N) is 2. The molecule has 1 N–H and O–H groups in total. The van der Waals surface area contributed by atoms with Gasteiger partial charge in [-0.1, -0.05) is 39.7 Å². The average molecular weight is 396 g/mol. The quantitative estimate of drug-likeness (QED) is 0.697. The third kappa shape index (κ3) is 5.77. The molecule has 0 spiro atoms. The maximum Gasteiger partial charge on any atom is 0.243 e. The fourth-order valence-electron chi connectivity index (χ4n) is 3.38. The highest BCUT2D eigenvalue weighted by Gasteiger charge is 2.28. The van der Waals surface area contributed by atoms with Gasteiger partial charge in [-0.05, 0) is 37.6 Å². The fourth-order valence-corrected chi connectivity index (χ4v) is 4.85. The predicted molar refractivity (Wildman–Crippen MR) is 109 cm³/mol. The van der Waals surface area contributed by atoms with Crippen molar-refractivity contribution >= 4 is 21.6 Å². The molecule has 1 unspecified atom stereocenters. The van der Waals surface area contributed by atoms with Crippen molar-refractivity contribution in [2.45, 2.75) is 51.3 Å². The normalized spacial score (nSPS) is 17.6. The Bertz CT molecular complexity index is 713. The van der Waals surface area contributed by atoms with Crippen LogP contribution >= 0.6 is 0 Å². The van der Waals surface area contributed by atoms with Crippen LogP contribution in [0.25, 0.3) is 0 Å². The molecule has 7 heteroatoms. The molecule has 0 radical (unpaired) electrons. The maximum absolute atomic E-state index is 12.9. The molecule has 0 aromatic heterocycles. The Morgan fingerprint density at radius 1 is 1.15 bits per heavy atom. The molecule has 1 heterocycles. The van der Waals surface area contributed by atoms with Crippen molar-refractivity contribution in [2.24, 2.45) is 5.92 Å². The zero-order valence-electron chi connectivity index (χ0n) is 16.8. The number of anilines is 1. The summed E-state index contributed by atoms with van der Waals surface area (Å²) < 4.78 is 27.4. The van der Waals surface area contributed by atoms with E-state index in [-0.39, 0.29) is 16.7 Å². The Hall–Kier alpha value is -1.44. The van der Waals surface area contributed by atoms with Crippen molar-refractivity contribution in [3.63, 3.8) is 0 Å². The van der Waals surface area contributed by atoms with Crippen LogP contribution in [-0.4, -0.2) is 56.3 Å². The van der Waals surface area contributed by atoms with Crippen LogP contribution in [0, 0.1) is 5.92 Å². The van der Waals surface area contributed by atoms with E-state index in [1.165, 1.54) is 4.31 Å². The van der Waals surface area contributed by atoms with Crippen molar-refractivity contribution in [3.8, 4) is 0 Å². The first-order chi connectivity index (χ1) is 12.9. The Morgan fingerprint density at radius 2 is 1.85 bits per heavy atom. The molecule has 6 nitrogen and oxygen atoms in total. The molecule has 1 saturated heterocycles. The minimum Gasteiger partial charge on any atom is -0.326 e. The predicted octanol–water partition coefficient (Wildman–Crippen LogP) is 3.17. The van der Waals surface area contributed by atoms with Crippen LogP contribution < -0.4 is 5.32 Å². The molecule has 27 heavy (non-hydrogen) atoms. The minimum atomic E-state index is -3.54. The lowest BCUT2D eigenvalue weighted by atomic mass is 9.98. The molecule has 0 saturated carbocycles. The summed E-state index contributed by atoms with van der Waals surface area (Å²) in [5.74, 6) is -0.0654. The summed E-state index contributed by atoms with van der Waals surface area (Å²) in [6.45, 7) is 9.65. The summed E-state index contributed by atoms with van der Waals surface area (Å²) >= 11 is 0. The number of carbonyl (C=O) groups is 1. The molecule has 2 rings (SSSR count). The highest BCUT2D eigenvalue weighted by Crippen LogP contribution is 2.22. The van der Waals surface area contributed by atoms with Gasteiger partial charge in [-0.15, -0.1) is 0 Å². The number of hydrogen-bond acceptors (Lipinski definition) is 4. The van der Waals surface area contributed by atoms with E-state index >= 15 is 0 Å². The molecule has 0 aliphatic carbocycles. The Labute approximate surface area is 164 Å². The first kappa shape index (κ1) is 21.9. The number of nitrogens with one attached hydrogen (secondary N) is 1. The Morgan fingerprint density at radius 3 is 2.44 bits per heavy atom. The number of sulfonamides is 1. The van der Waals surface area contributed by atoms with Crippen molar-refractivity contribution in [2.75, 3.05) is 38.0 Å². The average Bonchev–Trinajstić information content (AvgIpc) is 2.68. The van der Waals surface area contributed by atoms with Gasteiger partial charge in [-0.2, -0.15) is 4.31 Å². The van der Waals surface area contributed by atoms with Gasteiger partial charge in [0.2, 0.25) is 15.9 Å². The molecule has 152 valence electrons. The second kappa shape index (κ2) is 10.2. The smallest absolute Gasteiger partial charge is 0.243 e. The summed E-state index contributed by atoms with van der Waals surface area (Å²) in [6, 6.07) is 6.62. The number of rotatable bonds is 9. The van der Waals surface area contributed by atoms with Gasteiger partial charge in [-0.3, -0.25) is 4.79 Å². The van der Waals surface area contributed by atoms with Gasteiger partial charge >= 0.3 is 0 Å². The van der Waals surface area contributed by atoms with Crippen LogP contribution in [0.15, 0.2) is 29.2 Å². The van der Waals surface area contributed by atoms with Gasteiger partial charge in [-0.25, -0.2) is 8.42 Å². The zero-order valence-corrected chi connectivity index (χ0v) is 17.6. The molecule has 1 amide bonds. The molecule has 1 fully saturated rings. The molecule has 1 aromatic rings. The third-order valence-corrected chi connectivity index (χ3v) is 7.18. The number of likely N-dealkylation sites (N-methyl/N-ethyl adjacent to an activating group) is 1. The van der Waals surface area contributed by atoms with E-state index < -0.39 is 10.0 Å². The molecule has 1 atom stereocenters. The zero-order chi connectivity index (χ0) is 19.9. The number of hydrogen-bond donors (Lipinski definition) is 1. The van der Waals surface area contributed by atoms with Crippen molar-refractivity contribution in [1.82, 2.24) is 9.21 Å². The van der Waals surface area contributed by atoms with Crippen LogP contribution in [0.3, 0.4) is 0 Å². The second-order valence-electron chi connectivity index (χ2n) is 7.10. The summed E-state index contributed by atoms with van der Waals surface area (Å²) in [5, 5.41) is 2.90. The standard InChI is InChI=1S/C20H33N3O3S/c1-4-7-9-17(5-2)20(24)21-18-10-8-11-19(16-18)27(25,26)23-14-12-22(6-3)13-15-23/h8,10-11,16-17H,4-7,9,12-15H2,1-3H3,(H,21,24). The van der Waals surface area contributed by atoms with Crippen LogP contribution in [-0.2, 0) is 14.8 Å². The van der Waals surface area contributed by atoms with E-state index in [2.05, 4.69) is 24.1 Å². The van der Waals surface area contributed by atoms with E-state index in [1.54, 1.807) is 24.3 Å². The number of piperazine rings is 1.